The van der Waals surface area contributed by atoms with Crippen LogP contribution in [0.5, 0.6) is 0 Å². The van der Waals surface area contributed by atoms with E-state index in [1.807, 2.05) is 0 Å². The van der Waals surface area contributed by atoms with Crippen LogP contribution in [0.3, 0.4) is 0 Å². The number of halogens is 1. The summed E-state index contributed by atoms with van der Waals surface area (Å²) in [6.45, 7) is 0.442. The lowest BCUT2D eigenvalue weighted by atomic mass is 9.95. The summed E-state index contributed by atoms with van der Waals surface area (Å²) in [5.74, 6) is -1.15. The minimum Gasteiger partial charge on any atom is -0.463 e. The summed E-state index contributed by atoms with van der Waals surface area (Å²) in [7, 11) is 1.50. The van der Waals surface area contributed by atoms with Gasteiger partial charge in [-0.3, -0.25) is 14.4 Å². The standard InChI is InChI=1S/C21H28ClN3O5S/c1-29-11-12-30-19(27)10-9-18(26)25-21(31)24-15-7-8-17(22)16(13-15)20(28)23-14-5-3-2-4-6-14/h7-8,13-14H,2-6,9-12H2,1H3,(H,23,28)(H2,24,25,26,31). The fourth-order valence-corrected chi connectivity index (χ4v) is 3.60. The maximum absolute atomic E-state index is 12.6. The van der Waals surface area contributed by atoms with Crippen LogP contribution < -0.4 is 16.0 Å². The van der Waals surface area contributed by atoms with Crippen LogP contribution in [-0.4, -0.2) is 49.3 Å². The van der Waals surface area contributed by atoms with Crippen LogP contribution in [0.2, 0.25) is 5.02 Å². The number of carbonyl (C=O) groups excluding carboxylic acids is 3. The van der Waals surface area contributed by atoms with E-state index in [2.05, 4.69) is 16.0 Å². The highest BCUT2D eigenvalue weighted by atomic mass is 35.5. The summed E-state index contributed by atoms with van der Waals surface area (Å²) >= 11 is 11.3. The van der Waals surface area contributed by atoms with E-state index in [1.165, 1.54) is 13.5 Å². The summed E-state index contributed by atoms with van der Waals surface area (Å²) in [5.41, 5.74) is 0.854. The van der Waals surface area contributed by atoms with Gasteiger partial charge < -0.3 is 25.4 Å². The van der Waals surface area contributed by atoms with Crippen LogP contribution in [0.4, 0.5) is 5.69 Å². The van der Waals surface area contributed by atoms with Crippen LogP contribution >= 0.6 is 23.8 Å². The third kappa shape index (κ3) is 9.20. The lowest BCUT2D eigenvalue weighted by molar-refractivity contribution is -0.146. The molecule has 2 rings (SSSR count). The van der Waals surface area contributed by atoms with Crippen LogP contribution in [0.15, 0.2) is 18.2 Å². The Balaban J connectivity index is 1.83. The van der Waals surface area contributed by atoms with Gasteiger partial charge in [-0.2, -0.15) is 0 Å². The number of carbonyl (C=O) groups is 3. The molecule has 1 fully saturated rings. The summed E-state index contributed by atoms with van der Waals surface area (Å²) < 4.78 is 9.67. The average Bonchev–Trinajstić information content (AvgIpc) is 2.74. The first-order valence-electron chi connectivity index (χ1n) is 10.2. The van der Waals surface area contributed by atoms with E-state index in [9.17, 15) is 14.4 Å². The predicted molar refractivity (Wildman–Crippen MR) is 122 cm³/mol. The number of methoxy groups -OCH3 is 1. The van der Waals surface area contributed by atoms with Crippen molar-refractivity contribution in [2.45, 2.75) is 51.0 Å². The third-order valence-corrected chi connectivity index (χ3v) is 5.30. The Morgan fingerprint density at radius 2 is 1.87 bits per heavy atom. The zero-order valence-electron chi connectivity index (χ0n) is 17.5. The van der Waals surface area contributed by atoms with Gasteiger partial charge in [0.1, 0.15) is 6.61 Å². The first-order chi connectivity index (χ1) is 14.9. The van der Waals surface area contributed by atoms with Gasteiger partial charge in [-0.05, 0) is 43.3 Å². The molecule has 0 bridgehead atoms. The van der Waals surface area contributed by atoms with E-state index in [4.69, 9.17) is 33.3 Å². The molecule has 0 aromatic heterocycles. The molecule has 0 unspecified atom stereocenters. The molecule has 31 heavy (non-hydrogen) atoms. The minimum atomic E-state index is -0.489. The van der Waals surface area contributed by atoms with Crippen LogP contribution in [0.1, 0.15) is 55.3 Å². The van der Waals surface area contributed by atoms with Gasteiger partial charge in [-0.1, -0.05) is 30.9 Å². The van der Waals surface area contributed by atoms with Crippen molar-refractivity contribution in [1.82, 2.24) is 10.6 Å². The highest BCUT2D eigenvalue weighted by Gasteiger charge is 2.19. The van der Waals surface area contributed by atoms with E-state index in [0.29, 0.717) is 22.9 Å². The van der Waals surface area contributed by atoms with Crippen LogP contribution in [0.25, 0.3) is 0 Å². The van der Waals surface area contributed by atoms with Gasteiger partial charge in [-0.25, -0.2) is 0 Å². The molecule has 0 saturated heterocycles. The number of amides is 2. The first kappa shape index (κ1) is 25.0. The minimum absolute atomic E-state index is 0.0544. The smallest absolute Gasteiger partial charge is 0.306 e. The Hall–Kier alpha value is -2.23. The van der Waals surface area contributed by atoms with Gasteiger partial charge in [0.15, 0.2) is 5.11 Å². The van der Waals surface area contributed by atoms with Crippen LogP contribution in [-0.2, 0) is 19.1 Å². The third-order valence-electron chi connectivity index (χ3n) is 4.77. The molecule has 1 saturated carbocycles. The lowest BCUT2D eigenvalue weighted by Crippen LogP contribution is -2.36. The fourth-order valence-electron chi connectivity index (χ4n) is 3.17. The molecule has 1 aromatic carbocycles. The second kappa shape index (κ2) is 13.2. The number of anilines is 1. The number of ether oxygens (including phenoxy) is 2. The molecule has 1 aromatic rings. The zero-order chi connectivity index (χ0) is 22.6. The number of thiocarbonyl (C=S) groups is 1. The molecule has 3 N–H and O–H groups in total. The Morgan fingerprint density at radius 3 is 2.58 bits per heavy atom. The molecule has 0 spiro atoms. The lowest BCUT2D eigenvalue weighted by Gasteiger charge is -2.23. The summed E-state index contributed by atoms with van der Waals surface area (Å²) in [5, 5.41) is 8.77. The maximum atomic E-state index is 12.6. The Kier molecular flexibility index (Phi) is 10.7. The van der Waals surface area contributed by atoms with E-state index in [1.54, 1.807) is 18.2 Å². The summed E-state index contributed by atoms with van der Waals surface area (Å²) in [6.07, 6.45) is 5.23. The average molecular weight is 470 g/mol. The van der Waals surface area contributed by atoms with Gasteiger partial charge in [0.2, 0.25) is 5.91 Å². The van der Waals surface area contributed by atoms with Gasteiger partial charge in [0.05, 0.1) is 23.6 Å². The monoisotopic (exact) mass is 469 g/mol. The van der Waals surface area contributed by atoms with Crippen molar-refractivity contribution in [2.75, 3.05) is 25.6 Å². The molecule has 0 atom stereocenters. The SMILES string of the molecule is COCCOC(=O)CCC(=O)NC(=S)Nc1ccc(Cl)c(C(=O)NC2CCCCC2)c1. The molecule has 1 aliphatic carbocycles. The van der Waals surface area contributed by atoms with Gasteiger partial charge in [0, 0.05) is 25.3 Å². The normalized spacial score (nSPS) is 13.9. The van der Waals surface area contributed by atoms with Crippen molar-refractivity contribution in [3.63, 3.8) is 0 Å². The molecule has 8 nitrogen and oxygen atoms in total. The van der Waals surface area contributed by atoms with Crippen molar-refractivity contribution in [3.05, 3.63) is 28.8 Å². The summed E-state index contributed by atoms with van der Waals surface area (Å²) in [6, 6.07) is 5.01. The number of rotatable bonds is 9. The van der Waals surface area contributed by atoms with E-state index >= 15 is 0 Å². The first-order valence-corrected chi connectivity index (χ1v) is 11.0. The molecular formula is C21H28ClN3O5S. The Labute approximate surface area is 192 Å². The molecule has 0 radical (unpaired) electrons. The maximum Gasteiger partial charge on any atom is 0.306 e. The predicted octanol–water partition coefficient (Wildman–Crippen LogP) is 3.19. The molecule has 0 heterocycles. The van der Waals surface area contributed by atoms with Crippen molar-refractivity contribution in [2.24, 2.45) is 0 Å². The molecule has 2 amide bonds. The molecule has 10 heteroatoms. The Bertz CT molecular complexity index is 799. The fraction of sp³-hybridized carbons (Fsp3) is 0.524. The largest absolute Gasteiger partial charge is 0.463 e. The van der Waals surface area contributed by atoms with E-state index in [0.717, 1.165) is 25.7 Å². The van der Waals surface area contributed by atoms with Gasteiger partial charge in [-0.15, -0.1) is 0 Å². The van der Waals surface area contributed by atoms with Gasteiger partial charge in [0.25, 0.3) is 5.91 Å². The van der Waals surface area contributed by atoms with E-state index in [-0.39, 0.29) is 36.5 Å². The zero-order valence-corrected chi connectivity index (χ0v) is 19.1. The summed E-state index contributed by atoms with van der Waals surface area (Å²) in [4.78, 5) is 36.1. The van der Waals surface area contributed by atoms with E-state index < -0.39 is 11.9 Å². The number of nitrogens with one attached hydrogen (secondary N) is 3. The van der Waals surface area contributed by atoms with Crippen LogP contribution in [0, 0.1) is 0 Å². The highest BCUT2D eigenvalue weighted by molar-refractivity contribution is 7.80. The number of hydrogen-bond acceptors (Lipinski definition) is 6. The number of hydrogen-bond donors (Lipinski definition) is 3. The topological polar surface area (TPSA) is 106 Å². The second-order valence-electron chi connectivity index (χ2n) is 7.22. The van der Waals surface area contributed by atoms with Crippen molar-refractivity contribution < 1.29 is 23.9 Å². The quantitative estimate of drug-likeness (QED) is 0.289. The molecule has 170 valence electrons. The second-order valence-corrected chi connectivity index (χ2v) is 8.03. The van der Waals surface area contributed by atoms with Crippen molar-refractivity contribution >= 4 is 52.4 Å². The van der Waals surface area contributed by atoms with Crippen molar-refractivity contribution in [1.29, 1.82) is 0 Å². The molecule has 1 aliphatic rings. The Morgan fingerprint density at radius 1 is 1.13 bits per heavy atom. The number of benzene rings is 1. The highest BCUT2D eigenvalue weighted by Crippen LogP contribution is 2.22. The number of esters is 1. The molecular weight excluding hydrogens is 442 g/mol. The van der Waals surface area contributed by atoms with Crippen molar-refractivity contribution in [3.8, 4) is 0 Å². The molecule has 0 aliphatic heterocycles. The van der Waals surface area contributed by atoms with Gasteiger partial charge >= 0.3 is 5.97 Å².